The number of rotatable bonds is 4. The zero-order valence-corrected chi connectivity index (χ0v) is 18.6. The summed E-state index contributed by atoms with van der Waals surface area (Å²) >= 11 is 1.69. The number of nitrogens with one attached hydrogen (secondary N) is 2. The van der Waals surface area contributed by atoms with Crippen LogP contribution in [0.1, 0.15) is 23.1 Å². The quantitative estimate of drug-likeness (QED) is 0.722. The van der Waals surface area contributed by atoms with Gasteiger partial charge in [-0.1, -0.05) is 30.3 Å². The second kappa shape index (κ2) is 7.21. The molecule has 7 heteroatoms. The zero-order valence-electron chi connectivity index (χ0n) is 17.8. The maximum atomic E-state index is 13.9. The molecule has 31 heavy (non-hydrogen) atoms. The van der Waals surface area contributed by atoms with Gasteiger partial charge in [-0.15, -0.1) is 0 Å². The molecular formula is C24H25N3O3S. The highest BCUT2D eigenvalue weighted by Gasteiger charge is 2.70. The number of thioether (sulfide) groups is 1. The van der Waals surface area contributed by atoms with Gasteiger partial charge in [0.25, 0.3) is 0 Å². The minimum absolute atomic E-state index is 0.212. The number of hydrogen-bond acceptors (Lipinski definition) is 5. The third-order valence-electron chi connectivity index (χ3n) is 7.07. The van der Waals surface area contributed by atoms with E-state index in [-0.39, 0.29) is 23.8 Å². The van der Waals surface area contributed by atoms with E-state index in [1.54, 1.807) is 11.8 Å². The van der Waals surface area contributed by atoms with Gasteiger partial charge in [0, 0.05) is 17.3 Å². The number of carbonyl (C=O) groups excluding carboxylic acids is 3. The summed E-state index contributed by atoms with van der Waals surface area (Å²) in [6.45, 7) is 3.89. The monoisotopic (exact) mass is 435 g/mol. The lowest BCUT2D eigenvalue weighted by Gasteiger charge is -2.30. The summed E-state index contributed by atoms with van der Waals surface area (Å²) in [7, 11) is 0. The molecule has 4 atom stereocenters. The fourth-order valence-corrected chi connectivity index (χ4v) is 5.96. The molecule has 160 valence electrons. The number of imide groups is 1. The Morgan fingerprint density at radius 3 is 2.58 bits per heavy atom. The lowest BCUT2D eigenvalue weighted by Crippen LogP contribution is -2.53. The molecule has 0 aliphatic carbocycles. The Hall–Kier alpha value is -2.64. The number of fused-ring (bicyclic) bond motifs is 4. The lowest BCUT2D eigenvalue weighted by atomic mass is 9.76. The van der Waals surface area contributed by atoms with Crippen molar-refractivity contribution >= 4 is 40.9 Å². The predicted octanol–water partition coefficient (Wildman–Crippen LogP) is 2.98. The van der Waals surface area contributed by atoms with Crippen LogP contribution < -0.4 is 15.5 Å². The molecule has 5 rings (SSSR count). The van der Waals surface area contributed by atoms with Crippen LogP contribution in [0.3, 0.4) is 0 Å². The van der Waals surface area contributed by atoms with Gasteiger partial charge in [0.15, 0.2) is 0 Å². The molecule has 2 aromatic carbocycles. The fourth-order valence-electron chi connectivity index (χ4n) is 5.47. The summed E-state index contributed by atoms with van der Waals surface area (Å²) in [4.78, 5) is 42.3. The molecule has 2 fully saturated rings. The molecule has 0 radical (unpaired) electrons. The van der Waals surface area contributed by atoms with Gasteiger partial charge in [0.1, 0.15) is 5.54 Å². The summed E-state index contributed by atoms with van der Waals surface area (Å²) in [5.41, 5.74) is 2.79. The highest BCUT2D eigenvalue weighted by Crippen LogP contribution is 2.54. The van der Waals surface area contributed by atoms with Crippen molar-refractivity contribution in [3.63, 3.8) is 0 Å². The largest absolute Gasteiger partial charge is 0.324 e. The minimum atomic E-state index is -1.22. The number of para-hydroxylation sites is 1. The Balaban J connectivity index is 1.67. The smallest absolute Gasteiger partial charge is 0.250 e. The molecule has 3 heterocycles. The van der Waals surface area contributed by atoms with E-state index in [0.29, 0.717) is 17.8 Å². The highest BCUT2D eigenvalue weighted by atomic mass is 32.2. The van der Waals surface area contributed by atoms with Crippen LogP contribution in [0.2, 0.25) is 0 Å². The van der Waals surface area contributed by atoms with E-state index in [4.69, 9.17) is 0 Å². The van der Waals surface area contributed by atoms with Gasteiger partial charge in [0.05, 0.1) is 17.5 Å². The number of carbonyl (C=O) groups is 3. The number of amides is 3. The normalized spacial score (nSPS) is 28.9. The van der Waals surface area contributed by atoms with Crippen LogP contribution in [0.15, 0.2) is 42.5 Å². The van der Waals surface area contributed by atoms with E-state index in [1.165, 1.54) is 4.90 Å². The summed E-state index contributed by atoms with van der Waals surface area (Å²) in [6, 6.07) is 12.9. The molecule has 0 bridgehead atoms. The van der Waals surface area contributed by atoms with Crippen molar-refractivity contribution in [2.45, 2.75) is 31.8 Å². The van der Waals surface area contributed by atoms with E-state index in [2.05, 4.69) is 10.6 Å². The average Bonchev–Trinajstić information content (AvgIpc) is 3.34. The zero-order chi connectivity index (χ0) is 21.9. The van der Waals surface area contributed by atoms with Crippen LogP contribution in [-0.2, 0) is 19.9 Å². The minimum Gasteiger partial charge on any atom is -0.324 e. The van der Waals surface area contributed by atoms with Gasteiger partial charge in [-0.25, -0.2) is 4.90 Å². The highest BCUT2D eigenvalue weighted by molar-refractivity contribution is 7.98. The second-order valence-electron chi connectivity index (χ2n) is 8.57. The first kappa shape index (κ1) is 20.3. The first-order chi connectivity index (χ1) is 14.9. The fraction of sp³-hybridized carbons (Fsp3) is 0.375. The summed E-state index contributed by atoms with van der Waals surface area (Å²) < 4.78 is 0. The number of benzene rings is 2. The first-order valence-electron chi connectivity index (χ1n) is 10.5. The Labute approximate surface area is 185 Å². The van der Waals surface area contributed by atoms with E-state index in [0.717, 1.165) is 22.4 Å². The van der Waals surface area contributed by atoms with Crippen molar-refractivity contribution in [1.82, 2.24) is 5.32 Å². The van der Waals surface area contributed by atoms with Crippen LogP contribution in [-0.4, -0.2) is 35.8 Å². The molecule has 3 aliphatic heterocycles. The molecular weight excluding hydrogens is 410 g/mol. The van der Waals surface area contributed by atoms with E-state index in [1.807, 2.05) is 62.6 Å². The number of aryl methyl sites for hydroxylation is 1. The Kier molecular flexibility index (Phi) is 4.71. The molecule has 3 aliphatic rings. The van der Waals surface area contributed by atoms with Crippen molar-refractivity contribution in [2.75, 3.05) is 22.2 Å². The summed E-state index contributed by atoms with van der Waals surface area (Å²) in [5.74, 6) is -1.26. The third kappa shape index (κ3) is 2.66. The van der Waals surface area contributed by atoms with Crippen molar-refractivity contribution in [2.24, 2.45) is 11.8 Å². The molecule has 2 aromatic rings. The first-order valence-corrected chi connectivity index (χ1v) is 11.9. The molecule has 1 spiro atoms. The molecule has 0 saturated carbocycles. The van der Waals surface area contributed by atoms with Gasteiger partial charge in [-0.05, 0) is 55.5 Å². The van der Waals surface area contributed by atoms with Crippen molar-refractivity contribution < 1.29 is 14.4 Å². The van der Waals surface area contributed by atoms with Crippen LogP contribution in [0.4, 0.5) is 11.4 Å². The number of nitrogens with zero attached hydrogens (tertiary/aromatic N) is 1. The lowest BCUT2D eigenvalue weighted by molar-refractivity contribution is -0.130. The maximum absolute atomic E-state index is 13.9. The third-order valence-corrected chi connectivity index (χ3v) is 7.72. The van der Waals surface area contributed by atoms with Crippen LogP contribution in [0.5, 0.6) is 0 Å². The summed E-state index contributed by atoms with van der Waals surface area (Å²) in [6.07, 6.45) is 2.73. The molecule has 0 aromatic heterocycles. The van der Waals surface area contributed by atoms with Crippen LogP contribution in [0.25, 0.3) is 0 Å². The average molecular weight is 436 g/mol. The van der Waals surface area contributed by atoms with Crippen molar-refractivity contribution in [3.8, 4) is 0 Å². The molecule has 2 N–H and O–H groups in total. The van der Waals surface area contributed by atoms with Crippen LogP contribution >= 0.6 is 11.8 Å². The van der Waals surface area contributed by atoms with Crippen LogP contribution in [0, 0.1) is 25.7 Å². The molecule has 4 unspecified atom stereocenters. The predicted molar refractivity (Wildman–Crippen MR) is 122 cm³/mol. The van der Waals surface area contributed by atoms with Gasteiger partial charge in [-0.2, -0.15) is 11.8 Å². The Bertz CT molecular complexity index is 1120. The van der Waals surface area contributed by atoms with Gasteiger partial charge < -0.3 is 5.32 Å². The Morgan fingerprint density at radius 1 is 1.03 bits per heavy atom. The van der Waals surface area contributed by atoms with Crippen molar-refractivity contribution in [1.29, 1.82) is 0 Å². The van der Waals surface area contributed by atoms with Crippen molar-refractivity contribution in [3.05, 3.63) is 59.2 Å². The van der Waals surface area contributed by atoms with Gasteiger partial charge >= 0.3 is 0 Å². The van der Waals surface area contributed by atoms with Gasteiger partial charge in [-0.3, -0.25) is 19.7 Å². The summed E-state index contributed by atoms with van der Waals surface area (Å²) in [5, 5.41) is 6.42. The van der Waals surface area contributed by atoms with E-state index >= 15 is 0 Å². The number of hydrogen-bond donors (Lipinski definition) is 2. The molecule has 2 saturated heterocycles. The topological polar surface area (TPSA) is 78.5 Å². The standard InChI is InChI=1S/C24H25N3O3S/c1-13-7-6-10-18(14(13)2)27-21(28)19-17(11-12-31-3)26-24(20(19)22(27)29)15-8-4-5-9-16(15)25-23(24)30/h4-10,17,19-20,26H,11-12H2,1-3H3,(H,25,30). The number of anilines is 2. The molecule has 6 nitrogen and oxygen atoms in total. The Morgan fingerprint density at radius 2 is 1.81 bits per heavy atom. The van der Waals surface area contributed by atoms with Gasteiger partial charge in [0.2, 0.25) is 17.7 Å². The van der Waals surface area contributed by atoms with E-state index in [9.17, 15) is 14.4 Å². The maximum Gasteiger partial charge on any atom is 0.250 e. The SMILES string of the molecule is CSCCC1NC2(C(=O)Nc3ccccc32)C2C(=O)N(c3cccc(C)c3C)C(=O)C12. The second-order valence-corrected chi connectivity index (χ2v) is 9.56. The molecule has 3 amide bonds. The van der Waals surface area contributed by atoms with E-state index < -0.39 is 17.4 Å².